The molecule has 0 unspecified atom stereocenters. The van der Waals surface area contributed by atoms with E-state index in [0.717, 1.165) is 12.1 Å². The van der Waals surface area contributed by atoms with Gasteiger partial charge in [0.05, 0.1) is 5.92 Å². The largest absolute Gasteiger partial charge is 0.326 e. The van der Waals surface area contributed by atoms with Gasteiger partial charge in [-0.05, 0) is 40.8 Å². The van der Waals surface area contributed by atoms with Gasteiger partial charge < -0.3 is 5.32 Å². The zero-order chi connectivity index (χ0) is 16.8. The summed E-state index contributed by atoms with van der Waals surface area (Å²) in [5.41, 5.74) is 6.32. The molecule has 1 N–H and O–H groups in total. The summed E-state index contributed by atoms with van der Waals surface area (Å²) in [6, 6.07) is 27.0. The van der Waals surface area contributed by atoms with Crippen LogP contribution in [0.4, 0.5) is 5.69 Å². The first-order chi connectivity index (χ1) is 12.3. The SMILES string of the molecule is O=C(Nc1ccccc1)[C@H]1CC2c3ccccc3C1c1ccccc12. The van der Waals surface area contributed by atoms with Gasteiger partial charge in [-0.2, -0.15) is 0 Å². The van der Waals surface area contributed by atoms with Gasteiger partial charge in [0.25, 0.3) is 0 Å². The topological polar surface area (TPSA) is 29.1 Å². The zero-order valence-corrected chi connectivity index (χ0v) is 13.9. The Bertz CT molecular complexity index is 900. The van der Waals surface area contributed by atoms with Crippen LogP contribution in [0.2, 0.25) is 0 Å². The molecule has 3 aliphatic rings. The molecule has 0 radical (unpaired) electrons. The molecule has 0 saturated carbocycles. The van der Waals surface area contributed by atoms with Crippen molar-refractivity contribution in [1.82, 2.24) is 0 Å². The fraction of sp³-hybridized carbons (Fsp3) is 0.174. The van der Waals surface area contributed by atoms with Gasteiger partial charge in [0.2, 0.25) is 5.91 Å². The van der Waals surface area contributed by atoms with Gasteiger partial charge in [0, 0.05) is 17.5 Å². The van der Waals surface area contributed by atoms with Gasteiger partial charge in [-0.1, -0.05) is 66.7 Å². The summed E-state index contributed by atoms with van der Waals surface area (Å²) in [4.78, 5) is 13.1. The average molecular weight is 325 g/mol. The maximum absolute atomic E-state index is 13.1. The molecule has 1 amide bonds. The lowest BCUT2D eigenvalue weighted by Gasteiger charge is -2.44. The number of para-hydroxylation sites is 1. The average Bonchev–Trinajstić information content (AvgIpc) is 2.69. The molecular formula is C23H19NO. The Morgan fingerprint density at radius 3 is 1.84 bits per heavy atom. The van der Waals surface area contributed by atoms with Gasteiger partial charge in [-0.3, -0.25) is 4.79 Å². The van der Waals surface area contributed by atoms with Crippen LogP contribution in [0, 0.1) is 5.92 Å². The van der Waals surface area contributed by atoms with Crippen molar-refractivity contribution in [3.8, 4) is 0 Å². The number of hydrogen-bond acceptors (Lipinski definition) is 1. The predicted octanol–water partition coefficient (Wildman–Crippen LogP) is 4.92. The zero-order valence-electron chi connectivity index (χ0n) is 13.9. The second-order valence-electron chi connectivity index (χ2n) is 6.99. The monoisotopic (exact) mass is 325 g/mol. The van der Waals surface area contributed by atoms with E-state index in [0.29, 0.717) is 5.92 Å². The van der Waals surface area contributed by atoms with E-state index in [4.69, 9.17) is 0 Å². The Morgan fingerprint density at radius 1 is 0.720 bits per heavy atom. The predicted molar refractivity (Wildman–Crippen MR) is 99.7 cm³/mol. The molecular weight excluding hydrogens is 306 g/mol. The highest BCUT2D eigenvalue weighted by Crippen LogP contribution is 2.55. The van der Waals surface area contributed by atoms with Gasteiger partial charge in [0.1, 0.15) is 0 Å². The molecule has 3 aliphatic carbocycles. The number of fused-ring (bicyclic) bond motifs is 1. The molecule has 3 aromatic rings. The standard InChI is InChI=1S/C23H19NO/c25-23(24-15-8-2-1-3-9-15)21-14-20-16-10-4-6-12-18(16)22(21)19-13-7-5-11-17(19)20/h1-13,20-22H,14H2,(H,24,25)/t20?,21-,22?/m0/s1. The second-order valence-corrected chi connectivity index (χ2v) is 6.99. The Morgan fingerprint density at radius 2 is 1.24 bits per heavy atom. The molecule has 122 valence electrons. The lowest BCUT2D eigenvalue weighted by atomic mass is 9.59. The van der Waals surface area contributed by atoms with Crippen LogP contribution in [0.25, 0.3) is 0 Å². The summed E-state index contributed by atoms with van der Waals surface area (Å²) in [6.07, 6.45) is 0.886. The molecule has 25 heavy (non-hydrogen) atoms. The lowest BCUT2D eigenvalue weighted by molar-refractivity contribution is -0.121. The Hall–Kier alpha value is -2.87. The van der Waals surface area contributed by atoms with Crippen LogP contribution < -0.4 is 5.32 Å². The molecule has 0 spiro atoms. The first kappa shape index (κ1) is 14.5. The molecule has 0 heterocycles. The van der Waals surface area contributed by atoms with Gasteiger partial charge >= 0.3 is 0 Å². The molecule has 2 nitrogen and oxygen atoms in total. The first-order valence-corrected chi connectivity index (χ1v) is 8.86. The minimum atomic E-state index is -0.0185. The minimum absolute atomic E-state index is 0.0185. The molecule has 0 aliphatic heterocycles. The number of rotatable bonds is 2. The quantitative estimate of drug-likeness (QED) is 0.712. The van der Waals surface area contributed by atoms with E-state index in [9.17, 15) is 4.79 Å². The highest BCUT2D eigenvalue weighted by molar-refractivity contribution is 5.94. The van der Waals surface area contributed by atoms with Crippen LogP contribution in [0.3, 0.4) is 0 Å². The highest BCUT2D eigenvalue weighted by atomic mass is 16.1. The Balaban J connectivity index is 1.57. The van der Waals surface area contributed by atoms with Crippen molar-refractivity contribution in [1.29, 1.82) is 0 Å². The summed E-state index contributed by atoms with van der Waals surface area (Å²) in [7, 11) is 0. The normalized spacial score (nSPS) is 22.8. The van der Waals surface area contributed by atoms with Crippen molar-refractivity contribution in [3.63, 3.8) is 0 Å². The van der Waals surface area contributed by atoms with E-state index in [1.807, 2.05) is 30.3 Å². The maximum Gasteiger partial charge on any atom is 0.228 e. The van der Waals surface area contributed by atoms with Crippen molar-refractivity contribution in [3.05, 3.63) is 101 Å². The highest BCUT2D eigenvalue weighted by Gasteiger charge is 2.45. The van der Waals surface area contributed by atoms with Crippen LogP contribution in [0.15, 0.2) is 78.9 Å². The van der Waals surface area contributed by atoms with Crippen molar-refractivity contribution in [2.45, 2.75) is 18.3 Å². The fourth-order valence-electron chi connectivity index (χ4n) is 4.65. The third-order valence-electron chi connectivity index (χ3n) is 5.68. The summed E-state index contributed by atoms with van der Waals surface area (Å²) in [5.74, 6) is 0.588. The maximum atomic E-state index is 13.1. The number of anilines is 1. The molecule has 0 aromatic heterocycles. The Labute approximate surface area is 147 Å². The van der Waals surface area contributed by atoms with Gasteiger partial charge in [-0.15, -0.1) is 0 Å². The van der Waals surface area contributed by atoms with E-state index in [-0.39, 0.29) is 17.7 Å². The molecule has 1 atom stereocenters. The summed E-state index contributed by atoms with van der Waals surface area (Å²) < 4.78 is 0. The number of carbonyl (C=O) groups is 1. The van der Waals surface area contributed by atoms with E-state index >= 15 is 0 Å². The van der Waals surface area contributed by atoms with Crippen molar-refractivity contribution in [2.24, 2.45) is 5.92 Å². The van der Waals surface area contributed by atoms with E-state index in [2.05, 4.69) is 53.8 Å². The number of benzene rings is 3. The molecule has 6 rings (SSSR count). The number of carbonyl (C=O) groups excluding carboxylic acids is 1. The van der Waals surface area contributed by atoms with Gasteiger partial charge in [0.15, 0.2) is 0 Å². The van der Waals surface area contributed by atoms with Crippen LogP contribution >= 0.6 is 0 Å². The van der Waals surface area contributed by atoms with E-state index < -0.39 is 0 Å². The number of hydrogen-bond donors (Lipinski definition) is 1. The summed E-state index contributed by atoms with van der Waals surface area (Å²) in [6.45, 7) is 0. The van der Waals surface area contributed by atoms with Crippen molar-refractivity contribution < 1.29 is 4.79 Å². The molecule has 3 aromatic carbocycles. The number of amides is 1. The van der Waals surface area contributed by atoms with E-state index in [1.165, 1.54) is 22.3 Å². The minimum Gasteiger partial charge on any atom is -0.326 e. The summed E-state index contributed by atoms with van der Waals surface area (Å²) >= 11 is 0. The third-order valence-corrected chi connectivity index (χ3v) is 5.68. The van der Waals surface area contributed by atoms with Crippen molar-refractivity contribution >= 4 is 11.6 Å². The third kappa shape index (κ3) is 2.21. The fourth-order valence-corrected chi connectivity index (χ4v) is 4.65. The van der Waals surface area contributed by atoms with Crippen LogP contribution in [-0.4, -0.2) is 5.91 Å². The van der Waals surface area contributed by atoms with Gasteiger partial charge in [-0.25, -0.2) is 0 Å². The van der Waals surface area contributed by atoms with Crippen LogP contribution in [0.5, 0.6) is 0 Å². The first-order valence-electron chi connectivity index (χ1n) is 8.86. The number of nitrogens with one attached hydrogen (secondary N) is 1. The smallest absolute Gasteiger partial charge is 0.228 e. The molecule has 2 bridgehead atoms. The van der Waals surface area contributed by atoms with E-state index in [1.54, 1.807) is 0 Å². The Kier molecular flexibility index (Phi) is 3.24. The van der Waals surface area contributed by atoms with Crippen LogP contribution in [0.1, 0.15) is 40.5 Å². The second kappa shape index (κ2) is 5.59. The molecule has 0 saturated heterocycles. The molecule has 2 heteroatoms. The lowest BCUT2D eigenvalue weighted by Crippen LogP contribution is -2.38. The molecule has 0 fully saturated rings. The van der Waals surface area contributed by atoms with Crippen LogP contribution in [-0.2, 0) is 4.79 Å². The van der Waals surface area contributed by atoms with Crippen molar-refractivity contribution in [2.75, 3.05) is 5.32 Å². The summed E-state index contributed by atoms with van der Waals surface area (Å²) in [5, 5.41) is 3.12.